The van der Waals surface area contributed by atoms with Crippen molar-refractivity contribution >= 4 is 17.6 Å². The molecule has 4 rings (SSSR count). The van der Waals surface area contributed by atoms with Gasteiger partial charge in [0.1, 0.15) is 23.2 Å². The van der Waals surface area contributed by atoms with Crippen LogP contribution in [0.15, 0.2) is 36.4 Å². The molecule has 2 heterocycles. The fraction of sp³-hybridized carbons (Fsp3) is 0.519. The van der Waals surface area contributed by atoms with Gasteiger partial charge in [0.25, 0.3) is 0 Å². The molecule has 2 aliphatic heterocycles. The molecule has 0 N–H and O–H groups in total. The summed E-state index contributed by atoms with van der Waals surface area (Å²) in [4.78, 5) is 12.4. The van der Waals surface area contributed by atoms with E-state index in [4.69, 9.17) is 30.5 Å². The minimum Gasteiger partial charge on any atom is -0.493 e. The SMILES string of the molecule is CC(C)(C)OC(=O)Cc1ccccc1OC1CCOc2c(CC[C@H]3CCCO3)cc(Cl)cc21. The molecular weight excluding hydrogens is 440 g/mol. The van der Waals surface area contributed by atoms with Crippen molar-refractivity contribution in [1.29, 1.82) is 0 Å². The second-order valence-corrected chi connectivity index (χ2v) is 10.2. The van der Waals surface area contributed by atoms with Crippen LogP contribution >= 0.6 is 11.6 Å². The summed E-state index contributed by atoms with van der Waals surface area (Å²) in [6.45, 7) is 7.03. The van der Waals surface area contributed by atoms with Crippen LogP contribution in [-0.4, -0.2) is 30.9 Å². The van der Waals surface area contributed by atoms with Crippen molar-refractivity contribution in [1.82, 2.24) is 0 Å². The number of hydrogen-bond acceptors (Lipinski definition) is 5. The number of para-hydroxylation sites is 1. The zero-order valence-electron chi connectivity index (χ0n) is 19.7. The van der Waals surface area contributed by atoms with Gasteiger partial charge in [-0.15, -0.1) is 0 Å². The van der Waals surface area contributed by atoms with E-state index in [-0.39, 0.29) is 18.5 Å². The molecule has 2 aliphatic rings. The van der Waals surface area contributed by atoms with E-state index in [1.807, 2.05) is 57.2 Å². The predicted octanol–water partition coefficient (Wildman–Crippen LogP) is 6.24. The Labute approximate surface area is 201 Å². The van der Waals surface area contributed by atoms with Crippen molar-refractivity contribution in [2.24, 2.45) is 0 Å². The van der Waals surface area contributed by atoms with E-state index in [1.165, 1.54) is 0 Å². The maximum Gasteiger partial charge on any atom is 0.310 e. The average Bonchev–Trinajstić information content (AvgIpc) is 3.26. The van der Waals surface area contributed by atoms with E-state index in [1.54, 1.807) is 0 Å². The molecule has 1 unspecified atom stereocenters. The molecule has 0 amide bonds. The molecular formula is C27H33ClO5. The minimum absolute atomic E-state index is 0.158. The Morgan fingerprint density at radius 2 is 1.94 bits per heavy atom. The summed E-state index contributed by atoms with van der Waals surface area (Å²) in [5.74, 6) is 1.28. The number of carbonyl (C=O) groups is 1. The summed E-state index contributed by atoms with van der Waals surface area (Å²) < 4.78 is 23.8. The largest absolute Gasteiger partial charge is 0.493 e. The first kappa shape index (κ1) is 23.9. The maximum absolute atomic E-state index is 12.4. The second-order valence-electron chi connectivity index (χ2n) is 9.77. The zero-order valence-corrected chi connectivity index (χ0v) is 20.5. The Morgan fingerprint density at radius 1 is 1.12 bits per heavy atom. The number of ether oxygens (including phenoxy) is 4. The van der Waals surface area contributed by atoms with Gasteiger partial charge in [0.2, 0.25) is 0 Å². The number of benzene rings is 2. The average molecular weight is 473 g/mol. The van der Waals surface area contributed by atoms with Crippen LogP contribution in [0.4, 0.5) is 0 Å². The van der Waals surface area contributed by atoms with Crippen molar-refractivity contribution in [3.05, 3.63) is 58.1 Å². The summed E-state index contributed by atoms with van der Waals surface area (Å²) in [5, 5.41) is 0.678. The first-order valence-electron chi connectivity index (χ1n) is 11.8. The van der Waals surface area contributed by atoms with Crippen LogP contribution in [0.25, 0.3) is 0 Å². The number of rotatable bonds is 7. The number of halogens is 1. The van der Waals surface area contributed by atoms with Crippen LogP contribution in [0.5, 0.6) is 11.5 Å². The molecule has 178 valence electrons. The quantitative estimate of drug-likeness (QED) is 0.446. The number of hydrogen-bond donors (Lipinski definition) is 0. The molecule has 1 fully saturated rings. The van der Waals surface area contributed by atoms with Gasteiger partial charge in [0.15, 0.2) is 0 Å². The Balaban J connectivity index is 1.52. The molecule has 5 nitrogen and oxygen atoms in total. The van der Waals surface area contributed by atoms with Crippen LogP contribution in [0.3, 0.4) is 0 Å². The Morgan fingerprint density at radius 3 is 2.70 bits per heavy atom. The van der Waals surface area contributed by atoms with Crippen molar-refractivity contribution in [3.63, 3.8) is 0 Å². The monoisotopic (exact) mass is 472 g/mol. The van der Waals surface area contributed by atoms with E-state index in [9.17, 15) is 4.79 Å². The Bertz CT molecular complexity index is 975. The van der Waals surface area contributed by atoms with Crippen LogP contribution in [-0.2, 0) is 27.1 Å². The third-order valence-electron chi connectivity index (χ3n) is 5.89. The zero-order chi connectivity index (χ0) is 23.4. The van der Waals surface area contributed by atoms with Crippen molar-refractivity contribution in [3.8, 4) is 11.5 Å². The van der Waals surface area contributed by atoms with Gasteiger partial charge in [-0.3, -0.25) is 4.79 Å². The van der Waals surface area contributed by atoms with Crippen LogP contribution in [0.1, 0.15) is 69.2 Å². The Kier molecular flexibility index (Phi) is 7.50. The highest BCUT2D eigenvalue weighted by atomic mass is 35.5. The molecule has 1 saturated heterocycles. The highest BCUT2D eigenvalue weighted by molar-refractivity contribution is 6.30. The number of esters is 1. The summed E-state index contributed by atoms with van der Waals surface area (Å²) in [6, 6.07) is 11.6. The minimum atomic E-state index is -0.525. The highest BCUT2D eigenvalue weighted by Crippen LogP contribution is 2.41. The highest BCUT2D eigenvalue weighted by Gasteiger charge is 2.28. The molecule has 0 bridgehead atoms. The van der Waals surface area contributed by atoms with Crippen molar-refractivity contribution < 1.29 is 23.7 Å². The van der Waals surface area contributed by atoms with E-state index >= 15 is 0 Å². The van der Waals surface area contributed by atoms with Crippen molar-refractivity contribution in [2.75, 3.05) is 13.2 Å². The van der Waals surface area contributed by atoms with E-state index < -0.39 is 5.60 Å². The van der Waals surface area contributed by atoms with Gasteiger partial charge in [0.05, 0.1) is 19.1 Å². The molecule has 2 aromatic rings. The van der Waals surface area contributed by atoms with Crippen LogP contribution < -0.4 is 9.47 Å². The molecule has 0 aromatic heterocycles. The summed E-state index contributed by atoms with van der Waals surface area (Å²) >= 11 is 6.50. The van der Waals surface area contributed by atoms with Crippen LogP contribution in [0.2, 0.25) is 5.02 Å². The molecule has 0 radical (unpaired) electrons. The number of fused-ring (bicyclic) bond motifs is 1. The van der Waals surface area contributed by atoms with Gasteiger partial charge < -0.3 is 18.9 Å². The lowest BCUT2D eigenvalue weighted by atomic mass is 9.96. The van der Waals surface area contributed by atoms with Gasteiger partial charge in [-0.2, -0.15) is 0 Å². The lowest BCUT2D eigenvalue weighted by Gasteiger charge is -2.29. The summed E-state index contributed by atoms with van der Waals surface area (Å²) in [6.07, 6.45) is 5.04. The Hall–Kier alpha value is -2.24. The maximum atomic E-state index is 12.4. The second kappa shape index (κ2) is 10.4. The van der Waals surface area contributed by atoms with Crippen molar-refractivity contribution in [2.45, 2.75) is 77.1 Å². The molecule has 2 aromatic carbocycles. The smallest absolute Gasteiger partial charge is 0.310 e. The van der Waals surface area contributed by atoms with Gasteiger partial charge in [-0.05, 0) is 70.2 Å². The molecule has 0 saturated carbocycles. The molecule has 2 atom stereocenters. The summed E-state index contributed by atoms with van der Waals surface area (Å²) in [5.41, 5.74) is 2.34. The first-order chi connectivity index (χ1) is 15.8. The standard InChI is InChI=1S/C27H33ClO5/c1-27(2,3)33-25(29)16-18-7-4-5-9-23(18)32-24-12-14-31-26-19(15-20(28)17-22(24)26)10-11-21-8-6-13-30-21/h4-5,7,9,15,17,21,24H,6,8,10-14,16H2,1-3H3/t21-,24?/m1/s1. The van der Waals surface area contributed by atoms with E-state index in [0.29, 0.717) is 29.9 Å². The lowest BCUT2D eigenvalue weighted by Crippen LogP contribution is -2.25. The molecule has 0 spiro atoms. The normalized spacial score (nSPS) is 20.1. The van der Waals surface area contributed by atoms with Gasteiger partial charge in [-0.25, -0.2) is 0 Å². The predicted molar refractivity (Wildman–Crippen MR) is 128 cm³/mol. The first-order valence-corrected chi connectivity index (χ1v) is 12.2. The van der Waals surface area contributed by atoms with E-state index in [2.05, 4.69) is 0 Å². The molecule has 6 heteroatoms. The van der Waals surface area contributed by atoms with Gasteiger partial charge in [0, 0.05) is 29.2 Å². The number of carbonyl (C=O) groups excluding carboxylic acids is 1. The number of aryl methyl sites for hydroxylation is 1. The fourth-order valence-corrected chi connectivity index (χ4v) is 4.71. The molecule has 0 aliphatic carbocycles. The van der Waals surface area contributed by atoms with E-state index in [0.717, 1.165) is 54.7 Å². The summed E-state index contributed by atoms with van der Waals surface area (Å²) in [7, 11) is 0. The van der Waals surface area contributed by atoms with Crippen LogP contribution in [0, 0.1) is 0 Å². The third kappa shape index (κ3) is 6.42. The topological polar surface area (TPSA) is 54.0 Å². The third-order valence-corrected chi connectivity index (χ3v) is 6.11. The lowest BCUT2D eigenvalue weighted by molar-refractivity contribution is -0.153. The fourth-order valence-electron chi connectivity index (χ4n) is 4.46. The van der Waals surface area contributed by atoms with Gasteiger partial charge >= 0.3 is 5.97 Å². The van der Waals surface area contributed by atoms with Gasteiger partial charge in [-0.1, -0.05) is 29.8 Å². The molecule has 33 heavy (non-hydrogen) atoms.